The molecule has 0 saturated carbocycles. The Kier molecular flexibility index (Phi) is 8.26. The van der Waals surface area contributed by atoms with Gasteiger partial charge in [0.2, 0.25) is 0 Å². The van der Waals surface area contributed by atoms with Gasteiger partial charge in [-0.2, -0.15) is 0 Å². The molecule has 7 heteroatoms. The zero-order valence-corrected chi connectivity index (χ0v) is 26.6. The van der Waals surface area contributed by atoms with Gasteiger partial charge >= 0.3 is 0 Å². The van der Waals surface area contributed by atoms with Crippen molar-refractivity contribution in [3.63, 3.8) is 0 Å². The molecule has 0 aliphatic carbocycles. The zero-order chi connectivity index (χ0) is 31.7. The number of benzene rings is 5. The lowest BCUT2D eigenvalue weighted by molar-refractivity contribution is 0.0996. The van der Waals surface area contributed by atoms with Crippen molar-refractivity contribution in [2.45, 2.75) is 27.7 Å². The maximum atomic E-state index is 14.7. The second kappa shape index (κ2) is 12.4. The maximum Gasteiger partial charge on any atom is 0.266 e. The predicted molar refractivity (Wildman–Crippen MR) is 187 cm³/mol. The fourth-order valence-corrected chi connectivity index (χ4v) is 6.34. The number of nitrogens with zero attached hydrogens (tertiary/aromatic N) is 4. The number of anilines is 7. The quantitative estimate of drug-likeness (QED) is 0.182. The van der Waals surface area contributed by atoms with Crippen LogP contribution in [0.15, 0.2) is 97.1 Å². The summed E-state index contributed by atoms with van der Waals surface area (Å²) >= 11 is 0. The number of amides is 1. The average Bonchev–Trinajstić information content (AvgIpc) is 3.07. The zero-order valence-electron chi connectivity index (χ0n) is 26.6. The molecule has 0 bridgehead atoms. The van der Waals surface area contributed by atoms with Crippen LogP contribution in [-0.4, -0.2) is 44.3 Å². The predicted octanol–water partition coefficient (Wildman–Crippen LogP) is 9.01. The largest absolute Gasteiger partial charge is 0.507 e. The smallest absolute Gasteiger partial charge is 0.266 e. The minimum Gasteiger partial charge on any atom is -0.507 e. The van der Waals surface area contributed by atoms with Gasteiger partial charge in [-0.1, -0.05) is 24.3 Å². The van der Waals surface area contributed by atoms with E-state index < -0.39 is 0 Å². The Morgan fingerprint density at radius 2 is 1.18 bits per heavy atom. The summed E-state index contributed by atoms with van der Waals surface area (Å²) in [7, 11) is 1.67. The number of hydrogen-bond acceptors (Lipinski definition) is 6. The molecular formula is C38H40N4O3. The number of phenolic OH excluding ortho intramolecular Hbond substituents is 1. The minimum atomic E-state index is -0.290. The van der Waals surface area contributed by atoms with Crippen LogP contribution in [0, 0.1) is 0 Å². The standard InChI is InChI=1S/C38H40N4O3/c1-6-39(7-2)29-16-20-33-35(24-29)41(28-14-18-31(45-5)19-15-28)36-25-30(40(8-3)9-4)17-21-34(36)42(33)38(44)32-22-26-12-10-11-13-27(26)23-37(32)43/h10-25,43H,6-9H2,1-5H3. The summed E-state index contributed by atoms with van der Waals surface area (Å²) in [6.45, 7) is 12.0. The molecule has 45 heavy (non-hydrogen) atoms. The fraction of sp³-hybridized carbons (Fsp3) is 0.237. The van der Waals surface area contributed by atoms with Crippen molar-refractivity contribution in [2.24, 2.45) is 0 Å². The highest BCUT2D eigenvalue weighted by Crippen LogP contribution is 2.54. The van der Waals surface area contributed by atoms with Crippen LogP contribution >= 0.6 is 0 Å². The number of fused-ring (bicyclic) bond motifs is 3. The summed E-state index contributed by atoms with van der Waals surface area (Å²) in [4.78, 5) is 23.3. The number of methoxy groups -OCH3 is 1. The molecule has 230 valence electrons. The number of carbonyl (C=O) groups is 1. The highest BCUT2D eigenvalue weighted by Gasteiger charge is 2.35. The van der Waals surface area contributed by atoms with Crippen LogP contribution in [-0.2, 0) is 0 Å². The van der Waals surface area contributed by atoms with Crippen LogP contribution < -0.4 is 24.3 Å². The van der Waals surface area contributed by atoms with Crippen LogP contribution in [0.4, 0.5) is 39.8 Å². The first kappa shape index (κ1) is 29.9. The first-order valence-corrected chi connectivity index (χ1v) is 15.7. The molecule has 5 aromatic carbocycles. The highest BCUT2D eigenvalue weighted by molar-refractivity contribution is 6.19. The molecular weight excluding hydrogens is 560 g/mol. The lowest BCUT2D eigenvalue weighted by atomic mass is 10.0. The van der Waals surface area contributed by atoms with Crippen molar-refractivity contribution in [3.8, 4) is 11.5 Å². The van der Waals surface area contributed by atoms with E-state index in [-0.39, 0.29) is 17.2 Å². The van der Waals surface area contributed by atoms with Crippen molar-refractivity contribution >= 4 is 56.5 Å². The lowest BCUT2D eigenvalue weighted by Crippen LogP contribution is -2.33. The maximum absolute atomic E-state index is 14.7. The van der Waals surface area contributed by atoms with Gasteiger partial charge in [0, 0.05) is 43.2 Å². The molecule has 0 unspecified atom stereocenters. The van der Waals surface area contributed by atoms with Gasteiger partial charge in [0.25, 0.3) is 5.91 Å². The van der Waals surface area contributed by atoms with Crippen LogP contribution in [0.3, 0.4) is 0 Å². The topological polar surface area (TPSA) is 59.5 Å². The SMILES string of the molecule is CCN(CC)c1ccc2c(c1)N(c1ccc(OC)cc1)c1cc(N(CC)CC)ccc1N2C(=O)c1cc2ccccc2cc1O. The second-order valence-corrected chi connectivity index (χ2v) is 11.1. The molecule has 1 aliphatic heterocycles. The van der Waals surface area contributed by atoms with E-state index in [0.29, 0.717) is 0 Å². The van der Waals surface area contributed by atoms with Crippen LogP contribution in [0.5, 0.6) is 11.5 Å². The Balaban J connectivity index is 1.62. The van der Waals surface area contributed by atoms with E-state index in [9.17, 15) is 9.90 Å². The van der Waals surface area contributed by atoms with Gasteiger partial charge in [0.05, 0.1) is 35.4 Å². The minimum absolute atomic E-state index is 0.0427. The number of carbonyl (C=O) groups excluding carboxylic acids is 1. The van der Waals surface area contributed by atoms with Crippen LogP contribution in [0.2, 0.25) is 0 Å². The van der Waals surface area contributed by atoms with Gasteiger partial charge in [-0.25, -0.2) is 0 Å². The van der Waals surface area contributed by atoms with E-state index in [1.54, 1.807) is 24.1 Å². The molecule has 7 nitrogen and oxygen atoms in total. The van der Waals surface area contributed by atoms with Crippen molar-refractivity contribution in [2.75, 3.05) is 52.9 Å². The molecule has 1 N–H and O–H groups in total. The van der Waals surface area contributed by atoms with Crippen molar-refractivity contribution in [1.82, 2.24) is 0 Å². The van der Waals surface area contributed by atoms with Gasteiger partial charge in [-0.3, -0.25) is 9.69 Å². The molecule has 0 radical (unpaired) electrons. The van der Waals surface area contributed by atoms with Gasteiger partial charge < -0.3 is 24.5 Å². The molecule has 0 fully saturated rings. The Morgan fingerprint density at radius 1 is 0.667 bits per heavy atom. The van der Waals surface area contributed by atoms with Crippen molar-refractivity contribution in [1.29, 1.82) is 0 Å². The van der Waals surface area contributed by atoms with Gasteiger partial charge in [-0.15, -0.1) is 0 Å². The van der Waals surface area contributed by atoms with E-state index in [1.165, 1.54) is 0 Å². The molecule has 1 amide bonds. The first-order valence-electron chi connectivity index (χ1n) is 15.7. The van der Waals surface area contributed by atoms with E-state index in [2.05, 4.69) is 66.7 Å². The summed E-state index contributed by atoms with van der Waals surface area (Å²) in [6.07, 6.45) is 0. The molecule has 5 aromatic rings. The lowest BCUT2D eigenvalue weighted by Gasteiger charge is -2.40. The van der Waals surface area contributed by atoms with E-state index in [4.69, 9.17) is 4.74 Å². The van der Waals surface area contributed by atoms with Gasteiger partial charge in [0.15, 0.2) is 0 Å². The fourth-order valence-electron chi connectivity index (χ4n) is 6.34. The number of phenols is 1. The first-order chi connectivity index (χ1) is 21.9. The molecule has 0 saturated heterocycles. The number of hydrogen-bond donors (Lipinski definition) is 1. The summed E-state index contributed by atoms with van der Waals surface area (Å²) < 4.78 is 5.49. The number of rotatable bonds is 9. The molecule has 0 aromatic heterocycles. The number of ether oxygens (including phenoxy) is 1. The van der Waals surface area contributed by atoms with Crippen LogP contribution in [0.1, 0.15) is 38.1 Å². The number of aromatic hydroxyl groups is 1. The third-order valence-corrected chi connectivity index (χ3v) is 8.77. The van der Waals surface area contributed by atoms with E-state index in [0.717, 1.165) is 82.5 Å². The van der Waals surface area contributed by atoms with E-state index >= 15 is 0 Å². The molecule has 1 heterocycles. The summed E-state index contributed by atoms with van der Waals surface area (Å²) in [6, 6.07) is 31.8. The van der Waals surface area contributed by atoms with E-state index in [1.807, 2.05) is 60.7 Å². The summed E-state index contributed by atoms with van der Waals surface area (Å²) in [5, 5.41) is 12.9. The molecule has 0 spiro atoms. The average molecular weight is 601 g/mol. The Bertz CT molecular complexity index is 1780. The molecule has 6 rings (SSSR count). The Hall–Kier alpha value is -5.17. The Morgan fingerprint density at radius 3 is 1.67 bits per heavy atom. The van der Waals surface area contributed by atoms with Crippen molar-refractivity contribution in [3.05, 3.63) is 103 Å². The van der Waals surface area contributed by atoms with Gasteiger partial charge in [-0.05, 0) is 111 Å². The van der Waals surface area contributed by atoms with Crippen molar-refractivity contribution < 1.29 is 14.6 Å². The summed E-state index contributed by atoms with van der Waals surface area (Å²) in [5.74, 6) is 0.439. The molecule has 0 atom stereocenters. The summed E-state index contributed by atoms with van der Waals surface area (Å²) in [5.41, 5.74) is 6.58. The third kappa shape index (κ3) is 5.29. The normalized spacial score (nSPS) is 12.1. The second-order valence-electron chi connectivity index (χ2n) is 11.1. The highest BCUT2D eigenvalue weighted by atomic mass is 16.5. The monoisotopic (exact) mass is 600 g/mol. The van der Waals surface area contributed by atoms with Gasteiger partial charge in [0.1, 0.15) is 11.5 Å². The molecule has 1 aliphatic rings. The third-order valence-electron chi connectivity index (χ3n) is 8.77. The Labute approximate surface area is 265 Å². The van der Waals surface area contributed by atoms with Crippen LogP contribution in [0.25, 0.3) is 10.8 Å².